The fourth-order valence-electron chi connectivity index (χ4n) is 2.03. The minimum Gasteiger partial charge on any atom is -0.481 e. The Morgan fingerprint density at radius 2 is 2.10 bits per heavy atom. The summed E-state index contributed by atoms with van der Waals surface area (Å²) in [4.78, 5) is 36.1. The molecule has 0 aliphatic carbocycles. The van der Waals surface area contributed by atoms with E-state index in [4.69, 9.17) is 5.11 Å². The summed E-state index contributed by atoms with van der Waals surface area (Å²) in [6.07, 6.45) is 1.84. The number of hydrogen-bond donors (Lipinski definition) is 3. The number of carboxylic acids is 1. The van der Waals surface area contributed by atoms with Crippen LogP contribution in [0, 0.1) is 0 Å². The molecule has 1 aromatic carbocycles. The topological polar surface area (TPSA) is 99.3 Å². The van der Waals surface area contributed by atoms with Gasteiger partial charge in [-0.1, -0.05) is 18.2 Å². The lowest BCUT2D eigenvalue weighted by Gasteiger charge is -2.10. The first-order valence-electron chi connectivity index (χ1n) is 6.11. The number of fused-ring (bicyclic) bond motifs is 1. The summed E-state index contributed by atoms with van der Waals surface area (Å²) in [6, 6.07) is 6.55. The molecule has 1 unspecified atom stereocenters. The van der Waals surface area contributed by atoms with Crippen molar-refractivity contribution in [1.82, 2.24) is 10.3 Å². The number of carbonyl (C=O) groups is 3. The Morgan fingerprint density at radius 1 is 1.35 bits per heavy atom. The zero-order chi connectivity index (χ0) is 14.5. The largest absolute Gasteiger partial charge is 0.481 e. The van der Waals surface area contributed by atoms with E-state index in [0.29, 0.717) is 6.29 Å². The fourth-order valence-corrected chi connectivity index (χ4v) is 2.03. The molecule has 1 aromatic heterocycles. The first-order valence-corrected chi connectivity index (χ1v) is 6.11. The molecule has 0 aliphatic heterocycles. The van der Waals surface area contributed by atoms with Crippen molar-refractivity contribution in [1.29, 1.82) is 0 Å². The van der Waals surface area contributed by atoms with Crippen molar-refractivity contribution >= 4 is 29.1 Å². The number of para-hydroxylation sites is 1. The number of aldehydes is 1. The summed E-state index contributed by atoms with van der Waals surface area (Å²) < 4.78 is 0. The van der Waals surface area contributed by atoms with Gasteiger partial charge in [0.15, 0.2) is 0 Å². The average Bonchev–Trinajstić information content (AvgIpc) is 2.81. The molecule has 104 valence electrons. The fraction of sp³-hybridized carbons (Fsp3) is 0.214. The predicted octanol–water partition coefficient (Wildman–Crippen LogP) is 0.869. The maximum atomic E-state index is 11.8. The molecule has 0 spiro atoms. The van der Waals surface area contributed by atoms with E-state index in [9.17, 15) is 14.4 Å². The normalized spacial score (nSPS) is 12.0. The highest BCUT2D eigenvalue weighted by molar-refractivity contribution is 5.90. The summed E-state index contributed by atoms with van der Waals surface area (Å²) >= 11 is 0. The van der Waals surface area contributed by atoms with Gasteiger partial charge in [0.05, 0.1) is 18.9 Å². The average molecular weight is 274 g/mol. The number of H-pyrrole nitrogens is 1. The highest BCUT2D eigenvalue weighted by atomic mass is 16.4. The van der Waals surface area contributed by atoms with Crippen molar-refractivity contribution in [2.45, 2.75) is 18.9 Å². The number of aromatic nitrogens is 1. The molecule has 0 bridgehead atoms. The SMILES string of the molecule is O=CC(CC(=O)O)NC(=O)Cc1c[nH]c2ccccc12. The smallest absolute Gasteiger partial charge is 0.305 e. The molecule has 1 atom stereocenters. The van der Waals surface area contributed by atoms with E-state index in [2.05, 4.69) is 10.3 Å². The quantitative estimate of drug-likeness (QED) is 0.680. The van der Waals surface area contributed by atoms with E-state index >= 15 is 0 Å². The van der Waals surface area contributed by atoms with E-state index < -0.39 is 18.4 Å². The van der Waals surface area contributed by atoms with Gasteiger partial charge in [-0.3, -0.25) is 9.59 Å². The van der Waals surface area contributed by atoms with E-state index in [1.807, 2.05) is 24.3 Å². The van der Waals surface area contributed by atoms with Crippen molar-refractivity contribution in [3.8, 4) is 0 Å². The number of aromatic amines is 1. The van der Waals surface area contributed by atoms with Gasteiger partial charge in [0, 0.05) is 17.1 Å². The summed E-state index contributed by atoms with van der Waals surface area (Å²) in [7, 11) is 0. The first kappa shape index (κ1) is 13.8. The van der Waals surface area contributed by atoms with Crippen LogP contribution >= 0.6 is 0 Å². The molecule has 20 heavy (non-hydrogen) atoms. The van der Waals surface area contributed by atoms with Gasteiger partial charge in [0.1, 0.15) is 6.29 Å². The summed E-state index contributed by atoms with van der Waals surface area (Å²) in [6.45, 7) is 0. The van der Waals surface area contributed by atoms with Crippen LogP contribution in [0.5, 0.6) is 0 Å². The number of benzene rings is 1. The Hall–Kier alpha value is -2.63. The molecule has 6 nitrogen and oxygen atoms in total. The molecule has 3 N–H and O–H groups in total. The molecule has 0 saturated heterocycles. The third kappa shape index (κ3) is 3.23. The van der Waals surface area contributed by atoms with Crippen molar-refractivity contribution in [2.24, 2.45) is 0 Å². The molecule has 0 radical (unpaired) electrons. The van der Waals surface area contributed by atoms with Gasteiger partial charge in [0.25, 0.3) is 0 Å². The maximum absolute atomic E-state index is 11.8. The lowest BCUT2D eigenvalue weighted by molar-refractivity contribution is -0.138. The Labute approximate surface area is 114 Å². The number of hydrogen-bond acceptors (Lipinski definition) is 3. The third-order valence-corrected chi connectivity index (χ3v) is 2.93. The van der Waals surface area contributed by atoms with E-state index in [-0.39, 0.29) is 12.3 Å². The zero-order valence-corrected chi connectivity index (χ0v) is 10.6. The number of nitrogens with one attached hydrogen (secondary N) is 2. The van der Waals surface area contributed by atoms with Crippen molar-refractivity contribution in [3.63, 3.8) is 0 Å². The lowest BCUT2D eigenvalue weighted by atomic mass is 10.1. The third-order valence-electron chi connectivity index (χ3n) is 2.93. The van der Waals surface area contributed by atoms with Gasteiger partial charge in [-0.2, -0.15) is 0 Å². The molecule has 0 fully saturated rings. The van der Waals surface area contributed by atoms with E-state index in [1.54, 1.807) is 6.20 Å². The molecule has 0 saturated carbocycles. The second kappa shape index (κ2) is 6.01. The van der Waals surface area contributed by atoms with Crippen LogP contribution in [0.1, 0.15) is 12.0 Å². The summed E-state index contributed by atoms with van der Waals surface area (Å²) in [5.41, 5.74) is 1.73. The number of carbonyl (C=O) groups excluding carboxylic acids is 2. The Morgan fingerprint density at radius 3 is 2.80 bits per heavy atom. The first-order chi connectivity index (χ1) is 9.60. The minimum absolute atomic E-state index is 0.0912. The van der Waals surface area contributed by atoms with Gasteiger partial charge >= 0.3 is 5.97 Å². The maximum Gasteiger partial charge on any atom is 0.305 e. The van der Waals surface area contributed by atoms with Crippen molar-refractivity contribution in [3.05, 3.63) is 36.0 Å². The van der Waals surface area contributed by atoms with Gasteiger partial charge in [0.2, 0.25) is 5.91 Å². The van der Waals surface area contributed by atoms with Crippen LogP contribution in [0.15, 0.2) is 30.5 Å². The van der Waals surface area contributed by atoms with Crippen LogP contribution in [0.4, 0.5) is 0 Å². The van der Waals surface area contributed by atoms with Crippen molar-refractivity contribution < 1.29 is 19.5 Å². The van der Waals surface area contributed by atoms with Gasteiger partial charge < -0.3 is 20.2 Å². The number of aliphatic carboxylic acids is 1. The van der Waals surface area contributed by atoms with Crippen LogP contribution in [0.2, 0.25) is 0 Å². The molecular formula is C14H14N2O4. The van der Waals surface area contributed by atoms with E-state index in [0.717, 1.165) is 16.5 Å². The second-order valence-corrected chi connectivity index (χ2v) is 4.44. The molecule has 1 amide bonds. The number of carboxylic acid groups (broad SMARTS) is 1. The van der Waals surface area contributed by atoms with Crippen LogP contribution in [0.3, 0.4) is 0 Å². The zero-order valence-electron chi connectivity index (χ0n) is 10.6. The lowest BCUT2D eigenvalue weighted by Crippen LogP contribution is -2.38. The van der Waals surface area contributed by atoms with Gasteiger partial charge in [-0.05, 0) is 11.6 Å². The molecule has 0 aliphatic rings. The Kier molecular flexibility index (Phi) is 4.14. The molecule has 2 aromatic rings. The van der Waals surface area contributed by atoms with Crippen LogP contribution in [0.25, 0.3) is 10.9 Å². The molecule has 2 rings (SSSR count). The summed E-state index contributed by atoms with van der Waals surface area (Å²) in [5, 5.41) is 11.9. The predicted molar refractivity (Wildman–Crippen MR) is 72.3 cm³/mol. The Balaban J connectivity index is 2.04. The van der Waals surface area contributed by atoms with Crippen molar-refractivity contribution in [2.75, 3.05) is 0 Å². The molecular weight excluding hydrogens is 260 g/mol. The van der Waals surface area contributed by atoms with Crippen LogP contribution < -0.4 is 5.32 Å². The van der Waals surface area contributed by atoms with Gasteiger partial charge in [-0.25, -0.2) is 0 Å². The molecule has 1 heterocycles. The summed E-state index contributed by atoms with van der Waals surface area (Å²) in [5.74, 6) is -1.51. The standard InChI is InChI=1S/C14H14N2O4/c17-8-10(6-14(19)20)16-13(18)5-9-7-15-12-4-2-1-3-11(9)12/h1-4,7-8,10,15H,5-6H2,(H,16,18)(H,19,20). The Bertz CT molecular complexity index is 647. The van der Waals surface area contributed by atoms with Gasteiger partial charge in [-0.15, -0.1) is 0 Å². The van der Waals surface area contributed by atoms with Crippen LogP contribution in [-0.4, -0.2) is 34.3 Å². The van der Waals surface area contributed by atoms with Crippen LogP contribution in [-0.2, 0) is 20.8 Å². The van der Waals surface area contributed by atoms with E-state index in [1.165, 1.54) is 0 Å². The number of rotatable bonds is 6. The number of amides is 1. The highest BCUT2D eigenvalue weighted by Gasteiger charge is 2.16. The minimum atomic E-state index is -1.13. The monoisotopic (exact) mass is 274 g/mol. The highest BCUT2D eigenvalue weighted by Crippen LogP contribution is 2.17. The second-order valence-electron chi connectivity index (χ2n) is 4.44. The molecule has 6 heteroatoms.